The van der Waals surface area contributed by atoms with Crippen LogP contribution in [0.2, 0.25) is 0 Å². The van der Waals surface area contributed by atoms with Crippen LogP contribution >= 0.6 is 0 Å². The maximum absolute atomic E-state index is 13.2. The highest BCUT2D eigenvalue weighted by atomic mass is 16.5. The molecule has 0 aliphatic rings. The molecule has 5 aromatic rings. The molecule has 2 aromatic carbocycles. The number of nitrogens with one attached hydrogen (secondary N) is 1. The molecule has 0 atom stereocenters. The number of aromatic nitrogens is 4. The number of carbonyl (C=O) groups is 1. The Hall–Kier alpha value is -4.52. The van der Waals surface area contributed by atoms with Crippen molar-refractivity contribution in [2.75, 3.05) is 7.11 Å². The molecular formula is C26H21N5O2. The fourth-order valence-corrected chi connectivity index (χ4v) is 3.57. The van der Waals surface area contributed by atoms with Gasteiger partial charge in [0.1, 0.15) is 11.4 Å². The van der Waals surface area contributed by atoms with E-state index in [2.05, 4.69) is 15.4 Å². The highest BCUT2D eigenvalue weighted by molar-refractivity contribution is 5.94. The summed E-state index contributed by atoms with van der Waals surface area (Å²) in [6, 6.07) is 24.8. The second-order valence-electron chi connectivity index (χ2n) is 7.46. The minimum atomic E-state index is -0.239. The van der Waals surface area contributed by atoms with Gasteiger partial charge in [0.05, 0.1) is 18.5 Å². The van der Waals surface area contributed by atoms with Crippen molar-refractivity contribution in [2.45, 2.75) is 6.54 Å². The fraction of sp³-hybridized carbons (Fsp3) is 0.0769. The summed E-state index contributed by atoms with van der Waals surface area (Å²) in [4.78, 5) is 22.0. The van der Waals surface area contributed by atoms with Crippen molar-refractivity contribution in [3.63, 3.8) is 0 Å². The normalized spacial score (nSPS) is 10.8. The topological polar surface area (TPSA) is 81.4 Å². The van der Waals surface area contributed by atoms with E-state index in [9.17, 15) is 4.79 Å². The number of carbonyl (C=O) groups excluding carboxylic acids is 1. The monoisotopic (exact) mass is 435 g/mol. The van der Waals surface area contributed by atoms with Gasteiger partial charge in [-0.05, 0) is 48.0 Å². The second kappa shape index (κ2) is 8.92. The van der Waals surface area contributed by atoms with E-state index < -0.39 is 0 Å². The first-order valence-corrected chi connectivity index (χ1v) is 10.5. The van der Waals surface area contributed by atoms with Crippen molar-refractivity contribution in [2.24, 2.45) is 0 Å². The van der Waals surface area contributed by atoms with Crippen LogP contribution in [0.4, 0.5) is 0 Å². The van der Waals surface area contributed by atoms with Crippen LogP contribution in [0.5, 0.6) is 5.75 Å². The molecule has 5 rings (SSSR count). The first-order valence-electron chi connectivity index (χ1n) is 10.5. The van der Waals surface area contributed by atoms with Gasteiger partial charge < -0.3 is 10.1 Å². The molecule has 7 heteroatoms. The van der Waals surface area contributed by atoms with Crippen LogP contribution in [-0.4, -0.2) is 32.6 Å². The molecule has 162 valence electrons. The lowest BCUT2D eigenvalue weighted by Gasteiger charge is -2.10. The van der Waals surface area contributed by atoms with Crippen LogP contribution in [0.3, 0.4) is 0 Å². The van der Waals surface area contributed by atoms with Crippen LogP contribution in [0.25, 0.3) is 28.2 Å². The third kappa shape index (κ3) is 4.29. The number of benzene rings is 2. The van der Waals surface area contributed by atoms with Gasteiger partial charge in [0, 0.05) is 36.1 Å². The molecule has 3 aromatic heterocycles. The Labute approximate surface area is 190 Å². The Morgan fingerprint density at radius 1 is 0.909 bits per heavy atom. The molecule has 0 aliphatic heterocycles. The van der Waals surface area contributed by atoms with Gasteiger partial charge in [-0.3, -0.25) is 9.78 Å². The molecule has 0 fully saturated rings. The van der Waals surface area contributed by atoms with E-state index in [1.165, 1.54) is 0 Å². The Balaban J connectivity index is 1.57. The van der Waals surface area contributed by atoms with E-state index in [-0.39, 0.29) is 5.91 Å². The first kappa shape index (κ1) is 20.4. The molecule has 0 unspecified atom stereocenters. The lowest BCUT2D eigenvalue weighted by atomic mass is 10.1. The average Bonchev–Trinajstić information content (AvgIpc) is 3.32. The van der Waals surface area contributed by atoms with Crippen molar-refractivity contribution in [1.82, 2.24) is 24.9 Å². The summed E-state index contributed by atoms with van der Waals surface area (Å²) in [5.41, 5.74) is 5.22. The molecule has 0 bridgehead atoms. The zero-order valence-corrected chi connectivity index (χ0v) is 18.0. The fourth-order valence-electron chi connectivity index (χ4n) is 3.57. The Morgan fingerprint density at radius 2 is 1.64 bits per heavy atom. The van der Waals surface area contributed by atoms with Gasteiger partial charge in [0.2, 0.25) is 0 Å². The highest BCUT2D eigenvalue weighted by Gasteiger charge is 2.17. The summed E-state index contributed by atoms with van der Waals surface area (Å²) in [6.07, 6.45) is 3.40. The third-order valence-corrected chi connectivity index (χ3v) is 5.32. The average molecular weight is 435 g/mol. The maximum atomic E-state index is 13.2. The van der Waals surface area contributed by atoms with Crippen molar-refractivity contribution >= 4 is 11.6 Å². The third-order valence-electron chi connectivity index (χ3n) is 5.32. The van der Waals surface area contributed by atoms with E-state index in [0.717, 1.165) is 28.1 Å². The van der Waals surface area contributed by atoms with Crippen molar-refractivity contribution < 1.29 is 9.53 Å². The molecule has 0 aliphatic carbocycles. The number of fused-ring (bicyclic) bond motifs is 1. The van der Waals surface area contributed by atoms with Gasteiger partial charge in [-0.1, -0.05) is 30.3 Å². The van der Waals surface area contributed by atoms with Crippen molar-refractivity contribution in [3.05, 3.63) is 103 Å². The van der Waals surface area contributed by atoms with Crippen LogP contribution in [0.15, 0.2) is 91.3 Å². The standard InChI is InChI=1S/C26H21N5O2/c1-33-21-9-7-20(8-10-21)22-15-24(26(32)28-17-18-11-13-27-14-12-18)31-25(29-22)16-23(30-31)19-5-3-2-4-6-19/h2-16H,17H2,1H3,(H,28,32). The minimum Gasteiger partial charge on any atom is -0.497 e. The van der Waals surface area contributed by atoms with E-state index in [0.29, 0.717) is 23.6 Å². The molecule has 3 heterocycles. The summed E-state index contributed by atoms with van der Waals surface area (Å²) in [6.45, 7) is 0.385. The van der Waals surface area contributed by atoms with E-state index in [4.69, 9.17) is 9.72 Å². The number of hydrogen-bond donors (Lipinski definition) is 1. The van der Waals surface area contributed by atoms with Crippen LogP contribution in [-0.2, 0) is 6.54 Å². The summed E-state index contributed by atoms with van der Waals surface area (Å²) in [7, 11) is 1.63. The Bertz CT molecular complexity index is 1400. The van der Waals surface area contributed by atoms with Gasteiger partial charge in [-0.15, -0.1) is 0 Å². The first-order chi connectivity index (χ1) is 16.2. The molecule has 0 radical (unpaired) electrons. The van der Waals surface area contributed by atoms with Crippen molar-refractivity contribution in [1.29, 1.82) is 0 Å². The zero-order valence-electron chi connectivity index (χ0n) is 18.0. The molecule has 0 saturated heterocycles. The predicted molar refractivity (Wildman–Crippen MR) is 126 cm³/mol. The smallest absolute Gasteiger partial charge is 0.270 e. The zero-order chi connectivity index (χ0) is 22.6. The minimum absolute atomic E-state index is 0.239. The van der Waals surface area contributed by atoms with Crippen molar-refractivity contribution in [3.8, 4) is 28.3 Å². The number of hydrogen-bond acceptors (Lipinski definition) is 5. The van der Waals surface area contributed by atoms with E-state index in [1.54, 1.807) is 30.1 Å². The number of nitrogens with zero attached hydrogens (tertiary/aromatic N) is 4. The molecule has 0 spiro atoms. The number of rotatable bonds is 6. The van der Waals surface area contributed by atoms with Gasteiger partial charge in [-0.25, -0.2) is 9.50 Å². The number of pyridine rings is 1. The molecular weight excluding hydrogens is 414 g/mol. The van der Waals surface area contributed by atoms with Gasteiger partial charge in [-0.2, -0.15) is 5.10 Å². The lowest BCUT2D eigenvalue weighted by molar-refractivity contribution is 0.0943. The predicted octanol–water partition coefficient (Wildman–Crippen LogP) is 4.40. The summed E-state index contributed by atoms with van der Waals surface area (Å²) < 4.78 is 6.85. The largest absolute Gasteiger partial charge is 0.497 e. The summed E-state index contributed by atoms with van der Waals surface area (Å²) in [5.74, 6) is 0.516. The van der Waals surface area contributed by atoms with Crippen LogP contribution < -0.4 is 10.1 Å². The Kier molecular flexibility index (Phi) is 5.51. The number of methoxy groups -OCH3 is 1. The molecule has 33 heavy (non-hydrogen) atoms. The summed E-state index contributed by atoms with van der Waals surface area (Å²) in [5, 5.41) is 7.66. The van der Waals surface area contributed by atoms with Gasteiger partial charge in [0.25, 0.3) is 5.91 Å². The quantitative estimate of drug-likeness (QED) is 0.428. The molecule has 0 saturated carbocycles. The van der Waals surface area contributed by atoms with E-state index in [1.807, 2.05) is 72.8 Å². The molecule has 1 amide bonds. The lowest BCUT2D eigenvalue weighted by Crippen LogP contribution is -2.25. The maximum Gasteiger partial charge on any atom is 0.270 e. The van der Waals surface area contributed by atoms with Crippen LogP contribution in [0, 0.1) is 0 Å². The SMILES string of the molecule is COc1ccc(-c2cc(C(=O)NCc3ccncc3)n3nc(-c4ccccc4)cc3n2)cc1. The molecule has 7 nitrogen and oxygen atoms in total. The number of ether oxygens (including phenoxy) is 1. The highest BCUT2D eigenvalue weighted by Crippen LogP contribution is 2.25. The van der Waals surface area contributed by atoms with Gasteiger partial charge >= 0.3 is 0 Å². The summed E-state index contributed by atoms with van der Waals surface area (Å²) >= 11 is 0. The molecule has 1 N–H and O–H groups in total. The van der Waals surface area contributed by atoms with Gasteiger partial charge in [0.15, 0.2) is 5.65 Å². The second-order valence-corrected chi connectivity index (χ2v) is 7.46. The van der Waals surface area contributed by atoms with Crippen LogP contribution in [0.1, 0.15) is 16.1 Å². The van der Waals surface area contributed by atoms with E-state index >= 15 is 0 Å². The Morgan fingerprint density at radius 3 is 2.36 bits per heavy atom. The number of amides is 1.